The molecular formula is C15H19BrFNO2. The fourth-order valence-electron chi connectivity index (χ4n) is 2.39. The summed E-state index contributed by atoms with van der Waals surface area (Å²) in [5, 5.41) is 2.75. The predicted octanol–water partition coefficient (Wildman–Crippen LogP) is 3.67. The zero-order valence-electron chi connectivity index (χ0n) is 11.3. The van der Waals surface area contributed by atoms with Gasteiger partial charge >= 0.3 is 0 Å². The molecule has 3 nitrogen and oxygen atoms in total. The Kier molecular flexibility index (Phi) is 5.98. The second-order valence-electron chi connectivity index (χ2n) is 5.01. The first-order chi connectivity index (χ1) is 9.66. The predicted molar refractivity (Wildman–Crippen MR) is 79.3 cm³/mol. The van der Waals surface area contributed by atoms with E-state index in [1.165, 1.54) is 37.5 Å². The summed E-state index contributed by atoms with van der Waals surface area (Å²) < 4.78 is 19.4. The van der Waals surface area contributed by atoms with Gasteiger partial charge in [0.25, 0.3) is 5.91 Å². The molecule has 1 aliphatic carbocycles. The van der Waals surface area contributed by atoms with Gasteiger partial charge in [0.15, 0.2) is 0 Å². The fraction of sp³-hybridized carbons (Fsp3) is 0.533. The molecule has 2 rings (SSSR count). The second kappa shape index (κ2) is 7.74. The number of hydrogen-bond acceptors (Lipinski definition) is 2. The second-order valence-corrected chi connectivity index (χ2v) is 5.87. The lowest BCUT2D eigenvalue weighted by molar-refractivity contribution is 0.0299. The first-order valence-electron chi connectivity index (χ1n) is 7.01. The first kappa shape index (κ1) is 15.4. The van der Waals surface area contributed by atoms with Crippen LogP contribution in [0.3, 0.4) is 0 Å². The van der Waals surface area contributed by atoms with E-state index in [4.69, 9.17) is 4.74 Å². The van der Waals surface area contributed by atoms with Crippen LogP contribution in [0.25, 0.3) is 0 Å². The monoisotopic (exact) mass is 343 g/mol. The van der Waals surface area contributed by atoms with Gasteiger partial charge in [-0.05, 0) is 47.0 Å². The highest BCUT2D eigenvalue weighted by Crippen LogP contribution is 2.20. The van der Waals surface area contributed by atoms with Crippen molar-refractivity contribution in [3.8, 4) is 0 Å². The van der Waals surface area contributed by atoms with Crippen LogP contribution < -0.4 is 5.32 Å². The Balaban J connectivity index is 1.73. The van der Waals surface area contributed by atoms with E-state index in [1.54, 1.807) is 0 Å². The highest BCUT2D eigenvalue weighted by Gasteiger charge is 2.14. The van der Waals surface area contributed by atoms with Crippen molar-refractivity contribution in [3.05, 3.63) is 34.1 Å². The molecule has 1 aromatic carbocycles. The third kappa shape index (κ3) is 4.56. The molecule has 0 aromatic heterocycles. The number of ether oxygens (including phenoxy) is 1. The van der Waals surface area contributed by atoms with Crippen molar-refractivity contribution in [2.24, 2.45) is 0 Å². The molecule has 0 atom stereocenters. The number of nitrogens with one attached hydrogen (secondary N) is 1. The van der Waals surface area contributed by atoms with Crippen LogP contribution >= 0.6 is 15.9 Å². The lowest BCUT2D eigenvalue weighted by Gasteiger charge is -2.22. The third-order valence-corrected chi connectivity index (χ3v) is 4.16. The van der Waals surface area contributed by atoms with E-state index >= 15 is 0 Å². The summed E-state index contributed by atoms with van der Waals surface area (Å²) in [5.74, 6) is -0.708. The number of carbonyl (C=O) groups excluding carboxylic acids is 1. The van der Waals surface area contributed by atoms with Gasteiger partial charge in [0.1, 0.15) is 5.82 Å². The summed E-state index contributed by atoms with van der Waals surface area (Å²) in [4.78, 5) is 11.9. The Morgan fingerprint density at radius 1 is 1.35 bits per heavy atom. The molecule has 110 valence electrons. The van der Waals surface area contributed by atoms with Crippen molar-refractivity contribution < 1.29 is 13.9 Å². The van der Waals surface area contributed by atoms with E-state index in [-0.39, 0.29) is 5.91 Å². The van der Waals surface area contributed by atoms with Gasteiger partial charge in [0, 0.05) is 11.0 Å². The van der Waals surface area contributed by atoms with Crippen LogP contribution in [0.15, 0.2) is 22.7 Å². The lowest BCUT2D eigenvalue weighted by atomic mass is 9.98. The van der Waals surface area contributed by atoms with Crippen LogP contribution in [0.5, 0.6) is 0 Å². The van der Waals surface area contributed by atoms with Gasteiger partial charge in [-0.1, -0.05) is 19.3 Å². The summed E-state index contributed by atoms with van der Waals surface area (Å²) in [6.45, 7) is 0.946. The molecule has 1 N–H and O–H groups in total. The van der Waals surface area contributed by atoms with Gasteiger partial charge in [-0.15, -0.1) is 0 Å². The van der Waals surface area contributed by atoms with E-state index in [0.717, 1.165) is 12.8 Å². The van der Waals surface area contributed by atoms with Crippen LogP contribution in [0.4, 0.5) is 4.39 Å². The molecule has 0 heterocycles. The molecule has 5 heteroatoms. The lowest BCUT2D eigenvalue weighted by Crippen LogP contribution is -2.29. The number of benzene rings is 1. The molecule has 0 radical (unpaired) electrons. The van der Waals surface area contributed by atoms with Crippen molar-refractivity contribution >= 4 is 21.8 Å². The Bertz CT molecular complexity index is 461. The van der Waals surface area contributed by atoms with Crippen molar-refractivity contribution in [2.45, 2.75) is 38.2 Å². The molecule has 1 aliphatic rings. The van der Waals surface area contributed by atoms with E-state index in [1.807, 2.05) is 0 Å². The maximum absolute atomic E-state index is 13.1. The average molecular weight is 344 g/mol. The molecule has 0 aliphatic heterocycles. The van der Waals surface area contributed by atoms with Gasteiger partial charge in [-0.2, -0.15) is 0 Å². The molecule has 0 saturated heterocycles. The minimum atomic E-state index is -0.420. The van der Waals surface area contributed by atoms with Crippen molar-refractivity contribution in [3.63, 3.8) is 0 Å². The van der Waals surface area contributed by atoms with Crippen LogP contribution in [0.1, 0.15) is 42.5 Å². The number of hydrogen-bond donors (Lipinski definition) is 1. The summed E-state index contributed by atoms with van der Waals surface area (Å²) in [6.07, 6.45) is 6.32. The highest BCUT2D eigenvalue weighted by molar-refractivity contribution is 9.10. The normalized spacial score (nSPS) is 16.1. The minimum absolute atomic E-state index is 0.288. The number of amides is 1. The first-order valence-corrected chi connectivity index (χ1v) is 7.81. The van der Waals surface area contributed by atoms with Gasteiger partial charge in [0.05, 0.1) is 18.3 Å². The summed E-state index contributed by atoms with van der Waals surface area (Å²) >= 11 is 3.24. The van der Waals surface area contributed by atoms with Crippen molar-refractivity contribution in [1.29, 1.82) is 0 Å². The Morgan fingerprint density at radius 2 is 2.10 bits per heavy atom. The number of rotatable bonds is 5. The molecule has 0 bridgehead atoms. The molecule has 1 saturated carbocycles. The van der Waals surface area contributed by atoms with E-state index in [0.29, 0.717) is 29.3 Å². The minimum Gasteiger partial charge on any atom is -0.376 e. The van der Waals surface area contributed by atoms with Crippen LogP contribution in [-0.4, -0.2) is 25.2 Å². The number of carbonyl (C=O) groups is 1. The maximum Gasteiger partial charge on any atom is 0.252 e. The number of halogens is 2. The highest BCUT2D eigenvalue weighted by atomic mass is 79.9. The van der Waals surface area contributed by atoms with E-state index < -0.39 is 5.82 Å². The summed E-state index contributed by atoms with van der Waals surface area (Å²) in [6, 6.07) is 4.07. The van der Waals surface area contributed by atoms with Crippen LogP contribution in [0.2, 0.25) is 0 Å². The SMILES string of the molecule is O=C(NCCOC1CCCCC1)c1cc(F)ccc1Br. The molecule has 20 heavy (non-hydrogen) atoms. The van der Waals surface area contributed by atoms with E-state index in [9.17, 15) is 9.18 Å². The third-order valence-electron chi connectivity index (χ3n) is 3.47. The maximum atomic E-state index is 13.1. The zero-order chi connectivity index (χ0) is 14.4. The molecule has 1 amide bonds. The molecular weight excluding hydrogens is 325 g/mol. The molecule has 1 aromatic rings. The molecule has 0 unspecified atom stereocenters. The van der Waals surface area contributed by atoms with Crippen LogP contribution in [-0.2, 0) is 4.74 Å². The van der Waals surface area contributed by atoms with Crippen molar-refractivity contribution in [1.82, 2.24) is 5.32 Å². The molecule has 1 fully saturated rings. The fourth-order valence-corrected chi connectivity index (χ4v) is 2.82. The van der Waals surface area contributed by atoms with E-state index in [2.05, 4.69) is 21.2 Å². The topological polar surface area (TPSA) is 38.3 Å². The zero-order valence-corrected chi connectivity index (χ0v) is 12.9. The Labute approximate surface area is 127 Å². The smallest absolute Gasteiger partial charge is 0.252 e. The Hall–Kier alpha value is -0.940. The quantitative estimate of drug-likeness (QED) is 0.828. The standard InChI is InChI=1S/C15H19BrFNO2/c16-14-7-6-11(17)10-13(14)15(19)18-8-9-20-12-4-2-1-3-5-12/h6-7,10,12H,1-5,8-9H2,(H,18,19). The summed E-state index contributed by atoms with van der Waals surface area (Å²) in [5.41, 5.74) is 0.308. The van der Waals surface area contributed by atoms with Gasteiger partial charge in [-0.3, -0.25) is 4.79 Å². The van der Waals surface area contributed by atoms with Gasteiger partial charge in [0.2, 0.25) is 0 Å². The largest absolute Gasteiger partial charge is 0.376 e. The average Bonchev–Trinajstić information content (AvgIpc) is 2.47. The van der Waals surface area contributed by atoms with Crippen LogP contribution in [0, 0.1) is 5.82 Å². The van der Waals surface area contributed by atoms with Gasteiger partial charge in [-0.25, -0.2) is 4.39 Å². The molecule has 0 spiro atoms. The van der Waals surface area contributed by atoms with Crippen molar-refractivity contribution in [2.75, 3.05) is 13.2 Å². The Morgan fingerprint density at radius 3 is 2.85 bits per heavy atom. The summed E-state index contributed by atoms with van der Waals surface area (Å²) in [7, 11) is 0. The van der Waals surface area contributed by atoms with Gasteiger partial charge < -0.3 is 10.1 Å².